The van der Waals surface area contributed by atoms with Gasteiger partial charge in [-0.3, -0.25) is 0 Å². The van der Waals surface area contributed by atoms with E-state index in [1.54, 1.807) is 0 Å². The minimum atomic E-state index is -0.113. The Morgan fingerprint density at radius 2 is 1.75 bits per heavy atom. The highest BCUT2D eigenvalue weighted by atomic mass is 16.5. The highest BCUT2D eigenvalue weighted by molar-refractivity contribution is 5.37. The van der Waals surface area contributed by atoms with Crippen molar-refractivity contribution in [3.8, 4) is 17.6 Å². The van der Waals surface area contributed by atoms with Crippen LogP contribution in [0.4, 0.5) is 0 Å². The quantitative estimate of drug-likeness (QED) is 0.864. The molecule has 0 fully saturated rings. The molecule has 0 aliphatic rings. The third kappa shape index (κ3) is 3.88. The summed E-state index contributed by atoms with van der Waals surface area (Å²) < 4.78 is 5.77. The Morgan fingerprint density at radius 3 is 2.40 bits per heavy atom. The number of ether oxygens (including phenoxy) is 1. The number of benzene rings is 2. The van der Waals surface area contributed by atoms with Gasteiger partial charge < -0.3 is 9.84 Å². The molecule has 0 saturated carbocycles. The summed E-state index contributed by atoms with van der Waals surface area (Å²) in [5.74, 6) is 6.38. The van der Waals surface area contributed by atoms with Gasteiger partial charge in [0.1, 0.15) is 19.0 Å². The summed E-state index contributed by atoms with van der Waals surface area (Å²) in [6.45, 7) is 4.59. The van der Waals surface area contributed by atoms with Gasteiger partial charge in [-0.15, -0.1) is 0 Å². The highest BCUT2D eigenvalue weighted by Crippen LogP contribution is 2.17. The van der Waals surface area contributed by atoms with Crippen LogP contribution in [0.2, 0.25) is 0 Å². The first-order chi connectivity index (χ1) is 9.69. The Morgan fingerprint density at radius 1 is 1.00 bits per heavy atom. The summed E-state index contributed by atoms with van der Waals surface area (Å²) in [5.41, 5.74) is 4.49. The van der Waals surface area contributed by atoms with Crippen molar-refractivity contribution in [3.63, 3.8) is 0 Å². The molecule has 0 spiro atoms. The lowest BCUT2D eigenvalue weighted by Crippen LogP contribution is -1.96. The second kappa shape index (κ2) is 6.79. The Balaban J connectivity index is 1.98. The maximum absolute atomic E-state index is 8.64. The van der Waals surface area contributed by atoms with E-state index in [2.05, 4.69) is 37.8 Å². The average Bonchev–Trinajstić information content (AvgIpc) is 2.47. The van der Waals surface area contributed by atoms with Crippen LogP contribution in [0.5, 0.6) is 5.75 Å². The van der Waals surface area contributed by atoms with Crippen LogP contribution in [0.3, 0.4) is 0 Å². The van der Waals surface area contributed by atoms with Crippen molar-refractivity contribution in [1.29, 1.82) is 0 Å². The number of aliphatic hydroxyl groups excluding tert-OH is 1. The van der Waals surface area contributed by atoms with Crippen LogP contribution < -0.4 is 4.74 Å². The van der Waals surface area contributed by atoms with E-state index >= 15 is 0 Å². The molecule has 0 atom stereocenters. The zero-order valence-electron chi connectivity index (χ0n) is 11.8. The first-order valence-electron chi connectivity index (χ1n) is 6.58. The standard InChI is InChI=1S/C18H18O2/c1-14-5-10-18(12-15(14)2)20-13-17-8-6-16(7-9-17)4-3-11-19/h5-10,12,19H,11,13H2,1-2H3. The molecule has 102 valence electrons. The summed E-state index contributed by atoms with van der Waals surface area (Å²) in [4.78, 5) is 0. The van der Waals surface area contributed by atoms with E-state index in [9.17, 15) is 0 Å². The minimum absolute atomic E-state index is 0.113. The third-order valence-electron chi connectivity index (χ3n) is 3.15. The zero-order valence-corrected chi connectivity index (χ0v) is 11.8. The summed E-state index contributed by atoms with van der Waals surface area (Å²) >= 11 is 0. The Hall–Kier alpha value is -2.24. The van der Waals surface area contributed by atoms with Crippen LogP contribution in [-0.2, 0) is 6.61 Å². The maximum Gasteiger partial charge on any atom is 0.120 e. The fourth-order valence-corrected chi connectivity index (χ4v) is 1.80. The molecule has 0 amide bonds. The van der Waals surface area contributed by atoms with Crippen molar-refractivity contribution in [2.45, 2.75) is 20.5 Å². The number of rotatable bonds is 3. The monoisotopic (exact) mass is 266 g/mol. The van der Waals surface area contributed by atoms with Crippen LogP contribution in [0.1, 0.15) is 22.3 Å². The third-order valence-corrected chi connectivity index (χ3v) is 3.15. The van der Waals surface area contributed by atoms with Crippen molar-refractivity contribution in [2.24, 2.45) is 0 Å². The van der Waals surface area contributed by atoms with Gasteiger partial charge in [0.05, 0.1) is 0 Å². The lowest BCUT2D eigenvalue weighted by Gasteiger charge is -2.08. The predicted octanol–water partition coefficient (Wildman–Crippen LogP) is 3.23. The van der Waals surface area contributed by atoms with Gasteiger partial charge >= 0.3 is 0 Å². The Bertz CT molecular complexity index is 631. The predicted molar refractivity (Wildman–Crippen MR) is 80.7 cm³/mol. The Labute approximate surface area is 120 Å². The molecule has 0 heterocycles. The second-order valence-electron chi connectivity index (χ2n) is 4.69. The Kier molecular flexibility index (Phi) is 4.81. The van der Waals surface area contributed by atoms with Crippen LogP contribution >= 0.6 is 0 Å². The van der Waals surface area contributed by atoms with Gasteiger partial charge in [-0.2, -0.15) is 0 Å². The number of aryl methyl sites for hydroxylation is 2. The first kappa shape index (κ1) is 14.2. The van der Waals surface area contributed by atoms with Crippen molar-refractivity contribution < 1.29 is 9.84 Å². The van der Waals surface area contributed by atoms with E-state index in [0.717, 1.165) is 16.9 Å². The SMILES string of the molecule is Cc1ccc(OCc2ccc(C#CCO)cc2)cc1C. The highest BCUT2D eigenvalue weighted by Gasteiger charge is 1.98. The summed E-state index contributed by atoms with van der Waals surface area (Å²) in [6.07, 6.45) is 0. The van der Waals surface area contributed by atoms with Gasteiger partial charge in [-0.25, -0.2) is 0 Å². The van der Waals surface area contributed by atoms with E-state index in [0.29, 0.717) is 6.61 Å². The molecule has 2 aromatic rings. The van der Waals surface area contributed by atoms with E-state index in [1.165, 1.54) is 11.1 Å². The minimum Gasteiger partial charge on any atom is -0.489 e. The van der Waals surface area contributed by atoms with E-state index in [-0.39, 0.29) is 6.61 Å². The van der Waals surface area contributed by atoms with E-state index in [4.69, 9.17) is 9.84 Å². The van der Waals surface area contributed by atoms with Crippen molar-refractivity contribution in [2.75, 3.05) is 6.61 Å². The smallest absolute Gasteiger partial charge is 0.120 e. The van der Waals surface area contributed by atoms with E-state index < -0.39 is 0 Å². The lowest BCUT2D eigenvalue weighted by molar-refractivity contribution is 0.306. The van der Waals surface area contributed by atoms with Crippen molar-refractivity contribution in [3.05, 3.63) is 64.7 Å². The lowest BCUT2D eigenvalue weighted by atomic mass is 10.1. The fourth-order valence-electron chi connectivity index (χ4n) is 1.80. The molecule has 0 aliphatic carbocycles. The second-order valence-corrected chi connectivity index (χ2v) is 4.69. The van der Waals surface area contributed by atoms with Crippen LogP contribution in [0.25, 0.3) is 0 Å². The summed E-state index contributed by atoms with van der Waals surface area (Å²) in [7, 11) is 0. The molecule has 0 aliphatic heterocycles. The molecular formula is C18H18O2. The molecule has 2 rings (SSSR count). The van der Waals surface area contributed by atoms with Gasteiger partial charge in [0.15, 0.2) is 0 Å². The molecule has 2 nitrogen and oxygen atoms in total. The van der Waals surface area contributed by atoms with Crippen LogP contribution in [0, 0.1) is 25.7 Å². The van der Waals surface area contributed by atoms with Gasteiger partial charge in [0.2, 0.25) is 0 Å². The first-order valence-corrected chi connectivity index (χ1v) is 6.58. The summed E-state index contributed by atoms with van der Waals surface area (Å²) in [6, 6.07) is 14.0. The normalized spacial score (nSPS) is 9.75. The van der Waals surface area contributed by atoms with Gasteiger partial charge in [0, 0.05) is 5.56 Å². The van der Waals surface area contributed by atoms with Crippen LogP contribution in [0.15, 0.2) is 42.5 Å². The number of aliphatic hydroxyl groups is 1. The molecule has 0 bridgehead atoms. The van der Waals surface area contributed by atoms with Crippen LogP contribution in [-0.4, -0.2) is 11.7 Å². The number of hydrogen-bond acceptors (Lipinski definition) is 2. The van der Waals surface area contributed by atoms with Crippen molar-refractivity contribution in [1.82, 2.24) is 0 Å². The van der Waals surface area contributed by atoms with Gasteiger partial charge in [-0.05, 0) is 54.8 Å². The zero-order chi connectivity index (χ0) is 14.4. The molecule has 0 unspecified atom stereocenters. The maximum atomic E-state index is 8.64. The summed E-state index contributed by atoms with van der Waals surface area (Å²) in [5, 5.41) is 8.64. The fraction of sp³-hybridized carbons (Fsp3) is 0.222. The molecule has 1 N–H and O–H groups in total. The topological polar surface area (TPSA) is 29.5 Å². The number of hydrogen-bond donors (Lipinski definition) is 1. The molecule has 20 heavy (non-hydrogen) atoms. The van der Waals surface area contributed by atoms with Gasteiger partial charge in [0.25, 0.3) is 0 Å². The molecule has 0 radical (unpaired) electrons. The van der Waals surface area contributed by atoms with E-state index in [1.807, 2.05) is 30.3 Å². The molecule has 2 heteroatoms. The molecule has 0 aromatic heterocycles. The average molecular weight is 266 g/mol. The molecule has 2 aromatic carbocycles. The van der Waals surface area contributed by atoms with Gasteiger partial charge in [-0.1, -0.05) is 30.0 Å². The largest absolute Gasteiger partial charge is 0.489 e. The molecule has 0 saturated heterocycles. The van der Waals surface area contributed by atoms with Crippen molar-refractivity contribution >= 4 is 0 Å². The molecular weight excluding hydrogens is 248 g/mol.